The normalized spacial score (nSPS) is 18.5. The number of hydrogen-bond donors (Lipinski definition) is 1. The maximum absolute atomic E-state index is 12.0. The van der Waals surface area contributed by atoms with Crippen LogP contribution in [0.3, 0.4) is 0 Å². The van der Waals surface area contributed by atoms with Gasteiger partial charge in [-0.3, -0.25) is 0 Å². The lowest BCUT2D eigenvalue weighted by atomic mass is 10.2. The Morgan fingerprint density at radius 3 is 2.78 bits per heavy atom. The van der Waals surface area contributed by atoms with Crippen LogP contribution in [0.4, 0.5) is 5.69 Å². The molecule has 0 bridgehead atoms. The van der Waals surface area contributed by atoms with Crippen LogP contribution in [0.2, 0.25) is 0 Å². The molecule has 0 atom stereocenters. The quantitative estimate of drug-likeness (QED) is 0.860. The summed E-state index contributed by atoms with van der Waals surface area (Å²) < 4.78 is 26.7. The van der Waals surface area contributed by atoms with Crippen molar-refractivity contribution in [3.63, 3.8) is 0 Å². The van der Waals surface area contributed by atoms with Gasteiger partial charge >= 0.3 is 0 Å². The Balaban J connectivity index is 2.34. The summed E-state index contributed by atoms with van der Waals surface area (Å²) in [5.74, 6) is 0. The minimum atomic E-state index is -3.36. The zero-order chi connectivity index (χ0) is 13.2. The van der Waals surface area contributed by atoms with Gasteiger partial charge in [0.1, 0.15) is 4.90 Å². The highest BCUT2D eigenvalue weighted by Gasteiger charge is 2.24. The Morgan fingerprint density at radius 1 is 1.33 bits per heavy atom. The van der Waals surface area contributed by atoms with Gasteiger partial charge in [-0.25, -0.2) is 13.1 Å². The average Bonchev–Trinajstić information content (AvgIpc) is 2.44. The number of hydrogen-bond acceptors (Lipinski definition) is 4. The Bertz CT molecular complexity index is 514. The third kappa shape index (κ3) is 2.82. The van der Waals surface area contributed by atoms with E-state index in [1.807, 2.05) is 26.2 Å². The second-order valence-electron chi connectivity index (χ2n) is 4.66. The average molecular weight is 269 g/mol. The van der Waals surface area contributed by atoms with Crippen molar-refractivity contribution in [3.8, 4) is 0 Å². The van der Waals surface area contributed by atoms with E-state index in [-0.39, 0.29) is 0 Å². The van der Waals surface area contributed by atoms with E-state index in [0.29, 0.717) is 18.0 Å². The van der Waals surface area contributed by atoms with Crippen LogP contribution in [0.25, 0.3) is 0 Å². The van der Waals surface area contributed by atoms with Gasteiger partial charge in [0.25, 0.3) is 0 Å². The predicted octanol–water partition coefficient (Wildman–Crippen LogP) is 0.347. The molecule has 0 saturated heterocycles. The molecule has 18 heavy (non-hydrogen) atoms. The van der Waals surface area contributed by atoms with Crippen molar-refractivity contribution in [2.75, 3.05) is 45.2 Å². The Hall–Kier alpha value is -1.11. The molecule has 5 nitrogen and oxygen atoms in total. The fraction of sp³-hybridized carbons (Fsp3) is 0.500. The number of rotatable bonds is 3. The van der Waals surface area contributed by atoms with Crippen LogP contribution in [-0.4, -0.2) is 53.6 Å². The first kappa shape index (κ1) is 13.3. The van der Waals surface area contributed by atoms with Gasteiger partial charge in [0.2, 0.25) is 10.0 Å². The van der Waals surface area contributed by atoms with Crippen molar-refractivity contribution in [1.82, 2.24) is 9.62 Å². The number of nitrogens with one attached hydrogen (secondary N) is 1. The van der Waals surface area contributed by atoms with Gasteiger partial charge in [0.05, 0.1) is 5.69 Å². The second kappa shape index (κ2) is 5.26. The van der Waals surface area contributed by atoms with Crippen LogP contribution >= 0.6 is 0 Å². The number of fused-ring (bicyclic) bond motifs is 1. The number of anilines is 1. The summed E-state index contributed by atoms with van der Waals surface area (Å²) in [6, 6.07) is 7.16. The minimum Gasteiger partial charge on any atom is -0.368 e. The maximum Gasteiger partial charge on any atom is 0.242 e. The lowest BCUT2D eigenvalue weighted by molar-refractivity contribution is 0.413. The SMILES string of the molecule is CN(C)CCN1CCNS(=O)(=O)c2ccccc21. The lowest BCUT2D eigenvalue weighted by Crippen LogP contribution is -2.35. The minimum absolute atomic E-state index is 0.376. The van der Waals surface area contributed by atoms with Crippen LogP contribution in [0.5, 0.6) is 0 Å². The van der Waals surface area contributed by atoms with Gasteiger partial charge in [0.15, 0.2) is 0 Å². The van der Waals surface area contributed by atoms with Crippen LogP contribution in [0.1, 0.15) is 0 Å². The molecule has 0 fully saturated rings. The van der Waals surface area contributed by atoms with Gasteiger partial charge < -0.3 is 9.80 Å². The molecule has 0 radical (unpaired) electrons. The zero-order valence-corrected chi connectivity index (χ0v) is 11.6. The van der Waals surface area contributed by atoms with Gasteiger partial charge in [-0.15, -0.1) is 0 Å². The fourth-order valence-electron chi connectivity index (χ4n) is 2.01. The molecule has 1 aromatic rings. The lowest BCUT2D eigenvalue weighted by Gasteiger charge is -2.25. The van der Waals surface area contributed by atoms with Crippen LogP contribution < -0.4 is 9.62 Å². The summed E-state index contributed by atoms with van der Waals surface area (Å²) >= 11 is 0. The summed E-state index contributed by atoms with van der Waals surface area (Å²) in [7, 11) is 0.670. The third-order valence-electron chi connectivity index (χ3n) is 2.99. The molecule has 0 spiro atoms. The first-order valence-corrected chi connectivity index (χ1v) is 7.47. The molecule has 0 amide bonds. The van der Waals surface area contributed by atoms with Crippen LogP contribution in [0, 0.1) is 0 Å². The largest absolute Gasteiger partial charge is 0.368 e. The maximum atomic E-state index is 12.0. The molecule has 0 aromatic heterocycles. The molecule has 1 heterocycles. The molecule has 6 heteroatoms. The summed E-state index contributed by atoms with van der Waals surface area (Å²) in [4.78, 5) is 4.59. The molecular formula is C12H19N3O2S. The summed E-state index contributed by atoms with van der Waals surface area (Å²) in [5, 5.41) is 0. The van der Waals surface area contributed by atoms with Gasteiger partial charge in [-0.05, 0) is 26.2 Å². The van der Waals surface area contributed by atoms with Crippen molar-refractivity contribution in [1.29, 1.82) is 0 Å². The van der Waals surface area contributed by atoms with E-state index in [9.17, 15) is 8.42 Å². The highest BCUT2D eigenvalue weighted by molar-refractivity contribution is 7.89. The van der Waals surface area contributed by atoms with Gasteiger partial charge in [0, 0.05) is 26.2 Å². The molecule has 1 aromatic carbocycles. The number of nitrogens with zero attached hydrogens (tertiary/aromatic N) is 2. The van der Waals surface area contributed by atoms with Crippen molar-refractivity contribution in [3.05, 3.63) is 24.3 Å². The zero-order valence-electron chi connectivity index (χ0n) is 10.8. The number of benzene rings is 1. The highest BCUT2D eigenvalue weighted by Crippen LogP contribution is 2.26. The first-order chi connectivity index (χ1) is 8.50. The Labute approximate surface area is 108 Å². The Morgan fingerprint density at radius 2 is 2.06 bits per heavy atom. The molecule has 1 aliphatic heterocycles. The predicted molar refractivity (Wildman–Crippen MR) is 72.4 cm³/mol. The summed E-state index contributed by atoms with van der Waals surface area (Å²) in [6.45, 7) is 2.87. The van der Waals surface area contributed by atoms with Crippen LogP contribution in [-0.2, 0) is 10.0 Å². The molecule has 2 rings (SSSR count). The van der Waals surface area contributed by atoms with E-state index in [2.05, 4.69) is 14.5 Å². The smallest absolute Gasteiger partial charge is 0.242 e. The summed E-state index contributed by atoms with van der Waals surface area (Å²) in [6.07, 6.45) is 0. The molecule has 0 aliphatic carbocycles. The molecule has 1 aliphatic rings. The van der Waals surface area contributed by atoms with Crippen molar-refractivity contribution in [2.24, 2.45) is 0 Å². The van der Waals surface area contributed by atoms with E-state index in [1.54, 1.807) is 12.1 Å². The standard InChI is InChI=1S/C12H19N3O2S/c1-14(2)9-10-15-8-7-13-18(16,17)12-6-4-3-5-11(12)15/h3-6,13H,7-10H2,1-2H3. The topological polar surface area (TPSA) is 52.6 Å². The molecular weight excluding hydrogens is 250 g/mol. The second-order valence-corrected chi connectivity index (χ2v) is 6.39. The summed E-state index contributed by atoms with van der Waals surface area (Å²) in [5.41, 5.74) is 0.796. The van der Waals surface area contributed by atoms with Crippen molar-refractivity contribution >= 4 is 15.7 Å². The van der Waals surface area contributed by atoms with E-state index in [0.717, 1.165) is 18.8 Å². The molecule has 1 N–H and O–H groups in total. The van der Waals surface area contributed by atoms with E-state index in [4.69, 9.17) is 0 Å². The number of likely N-dealkylation sites (N-methyl/N-ethyl adjacent to an activating group) is 1. The number of sulfonamides is 1. The van der Waals surface area contributed by atoms with E-state index < -0.39 is 10.0 Å². The fourth-order valence-corrected chi connectivity index (χ4v) is 3.26. The monoisotopic (exact) mass is 269 g/mol. The Kier molecular flexibility index (Phi) is 3.89. The molecule has 100 valence electrons. The van der Waals surface area contributed by atoms with Gasteiger partial charge in [-0.1, -0.05) is 12.1 Å². The van der Waals surface area contributed by atoms with Crippen LogP contribution in [0.15, 0.2) is 29.2 Å². The van der Waals surface area contributed by atoms with Crippen molar-refractivity contribution < 1.29 is 8.42 Å². The highest BCUT2D eigenvalue weighted by atomic mass is 32.2. The third-order valence-corrected chi connectivity index (χ3v) is 4.49. The first-order valence-electron chi connectivity index (χ1n) is 5.99. The molecule has 0 unspecified atom stereocenters. The van der Waals surface area contributed by atoms with E-state index in [1.165, 1.54) is 0 Å². The van der Waals surface area contributed by atoms with Gasteiger partial charge in [-0.2, -0.15) is 0 Å². The van der Waals surface area contributed by atoms with Crippen molar-refractivity contribution in [2.45, 2.75) is 4.90 Å². The van der Waals surface area contributed by atoms with E-state index >= 15 is 0 Å². The number of para-hydroxylation sites is 1. The molecule has 0 saturated carbocycles.